The van der Waals surface area contributed by atoms with Gasteiger partial charge in [-0.25, -0.2) is 0 Å². The van der Waals surface area contributed by atoms with Gasteiger partial charge in [-0.2, -0.15) is 0 Å². The highest BCUT2D eigenvalue weighted by Crippen LogP contribution is 2.28. The van der Waals surface area contributed by atoms with Crippen LogP contribution in [0.3, 0.4) is 0 Å². The van der Waals surface area contributed by atoms with Gasteiger partial charge in [0, 0.05) is 22.3 Å². The molecule has 2 amide bonds. The number of carbonyl (C=O) groups excluding carboxylic acids is 2. The lowest BCUT2D eigenvalue weighted by molar-refractivity contribution is -0.122. The molecule has 6 heteroatoms. The molecule has 150 valence electrons. The first-order chi connectivity index (χ1) is 13.3. The van der Waals surface area contributed by atoms with Gasteiger partial charge in [-0.05, 0) is 68.7 Å². The number of amides is 2. The molecule has 2 N–H and O–H groups in total. The Morgan fingerprint density at radius 3 is 2.46 bits per heavy atom. The van der Waals surface area contributed by atoms with Crippen LogP contribution in [0.25, 0.3) is 0 Å². The molecule has 1 atom stereocenters. The van der Waals surface area contributed by atoms with E-state index in [2.05, 4.69) is 33.5 Å². The summed E-state index contributed by atoms with van der Waals surface area (Å²) in [5, 5.41) is 5.69. The predicted molar refractivity (Wildman–Crippen MR) is 116 cm³/mol. The normalized spacial score (nSPS) is 11.6. The summed E-state index contributed by atoms with van der Waals surface area (Å²) in [5.41, 5.74) is 2.99. The second-order valence-corrected chi connectivity index (χ2v) is 7.72. The van der Waals surface area contributed by atoms with Gasteiger partial charge in [-0.15, -0.1) is 0 Å². The largest absolute Gasteiger partial charge is 0.480 e. The van der Waals surface area contributed by atoms with E-state index in [9.17, 15) is 9.59 Å². The summed E-state index contributed by atoms with van der Waals surface area (Å²) in [6, 6.07) is 10.8. The van der Waals surface area contributed by atoms with Gasteiger partial charge in [-0.1, -0.05) is 35.3 Å². The molecule has 0 fully saturated rings. The zero-order chi connectivity index (χ0) is 20.7. The monoisotopic (exact) mass is 446 g/mol. The summed E-state index contributed by atoms with van der Waals surface area (Å²) in [4.78, 5) is 24.7. The fourth-order valence-electron chi connectivity index (χ4n) is 2.78. The number of halogens is 1. The Labute approximate surface area is 175 Å². The van der Waals surface area contributed by atoms with E-state index < -0.39 is 6.10 Å². The summed E-state index contributed by atoms with van der Waals surface area (Å²) in [7, 11) is 0. The van der Waals surface area contributed by atoms with E-state index in [0.717, 1.165) is 28.4 Å². The Kier molecular flexibility index (Phi) is 8.05. The van der Waals surface area contributed by atoms with Crippen LogP contribution in [0, 0.1) is 13.8 Å². The van der Waals surface area contributed by atoms with E-state index in [0.29, 0.717) is 23.5 Å². The molecule has 0 saturated heterocycles. The summed E-state index contributed by atoms with van der Waals surface area (Å²) < 4.78 is 6.87. The Morgan fingerprint density at radius 1 is 1.14 bits per heavy atom. The van der Waals surface area contributed by atoms with Crippen LogP contribution in [0.5, 0.6) is 5.75 Å². The van der Waals surface area contributed by atoms with Gasteiger partial charge in [0.25, 0.3) is 11.8 Å². The van der Waals surface area contributed by atoms with Crippen molar-refractivity contribution in [2.24, 2.45) is 0 Å². The second-order valence-electron chi connectivity index (χ2n) is 6.81. The predicted octanol–water partition coefficient (Wildman–Crippen LogP) is 5.00. The molecule has 0 bridgehead atoms. The molecule has 2 aromatic carbocycles. The number of hydrogen-bond acceptors (Lipinski definition) is 3. The summed E-state index contributed by atoms with van der Waals surface area (Å²) >= 11 is 3.46. The van der Waals surface area contributed by atoms with Gasteiger partial charge < -0.3 is 15.4 Å². The zero-order valence-corrected chi connectivity index (χ0v) is 18.4. The minimum Gasteiger partial charge on any atom is -0.480 e. The van der Waals surface area contributed by atoms with Crippen molar-refractivity contribution in [3.05, 3.63) is 57.6 Å². The number of aryl methyl sites for hydroxylation is 2. The van der Waals surface area contributed by atoms with Gasteiger partial charge >= 0.3 is 0 Å². The van der Waals surface area contributed by atoms with Crippen molar-refractivity contribution in [3.8, 4) is 5.75 Å². The fraction of sp³-hybridized carbons (Fsp3) is 0.364. The summed E-state index contributed by atoms with van der Waals surface area (Å²) in [6.07, 6.45) is 1.28. The lowest BCUT2D eigenvalue weighted by Crippen LogP contribution is -2.30. The molecule has 1 unspecified atom stereocenters. The first-order valence-corrected chi connectivity index (χ1v) is 10.2. The van der Waals surface area contributed by atoms with Crippen LogP contribution >= 0.6 is 15.9 Å². The Morgan fingerprint density at radius 2 is 1.82 bits per heavy atom. The standard InChI is InChI=1S/C22H27BrN2O3/c1-5-6-10-24-22(27)17-8-7-9-19(13-17)25-21(26)16(4)28-20-14(2)11-18(23)12-15(20)3/h7-9,11-13,16H,5-6,10H2,1-4H3,(H,24,27)(H,25,26). The van der Waals surface area contributed by atoms with E-state index in [4.69, 9.17) is 4.74 Å². The minimum absolute atomic E-state index is 0.144. The third-order valence-corrected chi connectivity index (χ3v) is 4.75. The third-order valence-electron chi connectivity index (χ3n) is 4.30. The van der Waals surface area contributed by atoms with Gasteiger partial charge in [0.2, 0.25) is 0 Å². The number of ether oxygens (including phenoxy) is 1. The maximum Gasteiger partial charge on any atom is 0.265 e. The molecule has 28 heavy (non-hydrogen) atoms. The quantitative estimate of drug-likeness (QED) is 0.560. The van der Waals surface area contributed by atoms with E-state index in [1.807, 2.05) is 26.0 Å². The molecular weight excluding hydrogens is 420 g/mol. The molecular formula is C22H27BrN2O3. The molecule has 2 rings (SSSR count). The van der Waals surface area contributed by atoms with Gasteiger partial charge in [0.05, 0.1) is 0 Å². The minimum atomic E-state index is -0.680. The highest BCUT2D eigenvalue weighted by molar-refractivity contribution is 9.10. The van der Waals surface area contributed by atoms with E-state index in [1.54, 1.807) is 31.2 Å². The van der Waals surface area contributed by atoms with E-state index in [-0.39, 0.29) is 11.8 Å². The van der Waals surface area contributed by atoms with E-state index in [1.165, 1.54) is 0 Å². The number of hydrogen-bond donors (Lipinski definition) is 2. The first-order valence-electron chi connectivity index (χ1n) is 9.44. The molecule has 0 spiro atoms. The van der Waals surface area contributed by atoms with Crippen LogP contribution in [-0.4, -0.2) is 24.5 Å². The number of unbranched alkanes of at least 4 members (excludes halogenated alkanes) is 1. The van der Waals surface area contributed by atoms with Crippen molar-refractivity contribution in [1.82, 2.24) is 5.32 Å². The third kappa shape index (κ3) is 6.09. The average Bonchev–Trinajstić information content (AvgIpc) is 2.64. The molecule has 0 radical (unpaired) electrons. The van der Waals surface area contributed by atoms with Crippen LogP contribution in [0.15, 0.2) is 40.9 Å². The topological polar surface area (TPSA) is 67.4 Å². The van der Waals surface area contributed by atoms with Gasteiger partial charge in [0.15, 0.2) is 6.10 Å². The number of nitrogens with one attached hydrogen (secondary N) is 2. The lowest BCUT2D eigenvalue weighted by atomic mass is 10.1. The molecule has 5 nitrogen and oxygen atoms in total. The van der Waals surface area contributed by atoms with Crippen molar-refractivity contribution in [1.29, 1.82) is 0 Å². The van der Waals surface area contributed by atoms with Crippen LogP contribution in [0.2, 0.25) is 0 Å². The number of rotatable bonds is 8. The Hall–Kier alpha value is -2.34. The highest BCUT2D eigenvalue weighted by Gasteiger charge is 2.18. The molecule has 2 aromatic rings. The van der Waals surface area contributed by atoms with Crippen LogP contribution < -0.4 is 15.4 Å². The van der Waals surface area contributed by atoms with Crippen molar-refractivity contribution in [3.63, 3.8) is 0 Å². The fourth-order valence-corrected chi connectivity index (χ4v) is 3.46. The molecule has 0 aliphatic heterocycles. The Bertz CT molecular complexity index is 828. The maximum absolute atomic E-state index is 12.6. The lowest BCUT2D eigenvalue weighted by Gasteiger charge is -2.18. The second kappa shape index (κ2) is 10.3. The van der Waals surface area contributed by atoms with Crippen molar-refractivity contribution < 1.29 is 14.3 Å². The molecule has 0 aliphatic carbocycles. The van der Waals surface area contributed by atoms with Crippen LogP contribution in [0.4, 0.5) is 5.69 Å². The average molecular weight is 447 g/mol. The summed E-state index contributed by atoms with van der Waals surface area (Å²) in [6.45, 7) is 8.31. The van der Waals surface area contributed by atoms with Gasteiger partial charge in [-0.3, -0.25) is 9.59 Å². The van der Waals surface area contributed by atoms with Crippen LogP contribution in [0.1, 0.15) is 48.2 Å². The molecule has 0 aromatic heterocycles. The number of carbonyl (C=O) groups is 2. The number of benzene rings is 2. The van der Waals surface area contributed by atoms with Crippen molar-refractivity contribution in [2.75, 3.05) is 11.9 Å². The number of anilines is 1. The zero-order valence-electron chi connectivity index (χ0n) is 16.8. The van der Waals surface area contributed by atoms with E-state index >= 15 is 0 Å². The molecule has 0 heterocycles. The SMILES string of the molecule is CCCCNC(=O)c1cccc(NC(=O)C(C)Oc2c(C)cc(Br)cc2C)c1. The van der Waals surface area contributed by atoms with Crippen molar-refractivity contribution in [2.45, 2.75) is 46.6 Å². The van der Waals surface area contributed by atoms with Crippen LogP contribution in [-0.2, 0) is 4.79 Å². The first kappa shape index (κ1) is 22.0. The molecule has 0 aliphatic rings. The smallest absolute Gasteiger partial charge is 0.265 e. The summed E-state index contributed by atoms with van der Waals surface area (Å²) in [5.74, 6) is 0.287. The maximum atomic E-state index is 12.6. The molecule has 0 saturated carbocycles. The van der Waals surface area contributed by atoms with Crippen molar-refractivity contribution >= 4 is 33.4 Å². The highest BCUT2D eigenvalue weighted by atomic mass is 79.9. The van der Waals surface area contributed by atoms with Gasteiger partial charge in [0.1, 0.15) is 5.75 Å². The Balaban J connectivity index is 2.02.